The van der Waals surface area contributed by atoms with E-state index in [1.807, 2.05) is 35.6 Å². The predicted molar refractivity (Wildman–Crippen MR) is 63.1 cm³/mol. The highest BCUT2D eigenvalue weighted by atomic mass is 15.3. The van der Waals surface area contributed by atoms with E-state index < -0.39 is 0 Å². The minimum atomic E-state index is -0.124. The molecule has 3 aromatic rings. The van der Waals surface area contributed by atoms with Gasteiger partial charge in [-0.15, -0.1) is 10.2 Å². The van der Waals surface area contributed by atoms with E-state index >= 15 is 0 Å². The van der Waals surface area contributed by atoms with Crippen LogP contribution in [0.4, 0.5) is 0 Å². The zero-order valence-corrected chi connectivity index (χ0v) is 8.96. The molecule has 1 unspecified atom stereocenters. The zero-order valence-electron chi connectivity index (χ0n) is 8.96. The fraction of sp³-hybridized carbons (Fsp3) is 0.167. The summed E-state index contributed by atoms with van der Waals surface area (Å²) in [7, 11) is 0. The summed E-state index contributed by atoms with van der Waals surface area (Å²) in [6.07, 6.45) is 0. The first kappa shape index (κ1) is 9.30. The average Bonchev–Trinajstić information content (AvgIpc) is 2.73. The average molecular weight is 212 g/mol. The van der Waals surface area contributed by atoms with Crippen molar-refractivity contribution in [1.82, 2.24) is 14.6 Å². The Kier molecular flexibility index (Phi) is 1.91. The summed E-state index contributed by atoms with van der Waals surface area (Å²) < 4.78 is 2.01. The normalized spacial score (nSPS) is 13.4. The lowest BCUT2D eigenvalue weighted by atomic mass is 10.2. The van der Waals surface area contributed by atoms with E-state index in [2.05, 4.69) is 22.3 Å². The zero-order chi connectivity index (χ0) is 11.1. The van der Waals surface area contributed by atoms with Crippen molar-refractivity contribution < 1.29 is 0 Å². The van der Waals surface area contributed by atoms with Gasteiger partial charge in [-0.05, 0) is 30.5 Å². The van der Waals surface area contributed by atoms with E-state index in [9.17, 15) is 0 Å². The van der Waals surface area contributed by atoms with Crippen molar-refractivity contribution in [2.45, 2.75) is 13.0 Å². The van der Waals surface area contributed by atoms with Gasteiger partial charge in [-0.3, -0.25) is 4.40 Å². The standard InChI is InChI=1S/C12H12N4/c1-8(13)12-15-14-11-7-6-9-4-2-3-5-10(9)16(11)12/h2-8H,13H2,1H3. The number of hydrogen-bond acceptors (Lipinski definition) is 3. The minimum Gasteiger partial charge on any atom is -0.322 e. The third-order valence-electron chi connectivity index (χ3n) is 2.71. The van der Waals surface area contributed by atoms with Gasteiger partial charge in [0.05, 0.1) is 11.6 Å². The van der Waals surface area contributed by atoms with E-state index in [-0.39, 0.29) is 6.04 Å². The Labute approximate surface area is 92.7 Å². The molecule has 0 saturated heterocycles. The van der Waals surface area contributed by atoms with Gasteiger partial charge in [0, 0.05) is 0 Å². The van der Waals surface area contributed by atoms with Crippen molar-refractivity contribution in [3.8, 4) is 0 Å². The van der Waals surface area contributed by atoms with E-state index in [0.717, 1.165) is 22.4 Å². The molecule has 0 aliphatic heterocycles. The van der Waals surface area contributed by atoms with E-state index in [1.54, 1.807) is 0 Å². The van der Waals surface area contributed by atoms with Crippen LogP contribution < -0.4 is 5.73 Å². The second kappa shape index (κ2) is 3.28. The van der Waals surface area contributed by atoms with Crippen LogP contribution in [-0.2, 0) is 0 Å². The third kappa shape index (κ3) is 1.20. The van der Waals surface area contributed by atoms with Crippen LogP contribution >= 0.6 is 0 Å². The summed E-state index contributed by atoms with van der Waals surface area (Å²) in [6.45, 7) is 1.91. The van der Waals surface area contributed by atoms with Crippen molar-refractivity contribution >= 4 is 16.6 Å². The first-order valence-corrected chi connectivity index (χ1v) is 5.26. The number of hydrogen-bond donors (Lipinski definition) is 1. The topological polar surface area (TPSA) is 56.2 Å². The number of pyridine rings is 1. The summed E-state index contributed by atoms with van der Waals surface area (Å²) in [4.78, 5) is 0. The second-order valence-corrected chi connectivity index (χ2v) is 3.93. The smallest absolute Gasteiger partial charge is 0.161 e. The highest BCUT2D eigenvalue weighted by Gasteiger charge is 2.11. The van der Waals surface area contributed by atoms with Crippen LogP contribution in [0.3, 0.4) is 0 Å². The molecule has 0 aliphatic carbocycles. The fourth-order valence-electron chi connectivity index (χ4n) is 1.96. The molecule has 4 nitrogen and oxygen atoms in total. The van der Waals surface area contributed by atoms with Gasteiger partial charge in [0.25, 0.3) is 0 Å². The Morgan fingerprint density at radius 1 is 1.12 bits per heavy atom. The molecule has 0 aliphatic rings. The number of aromatic nitrogens is 3. The van der Waals surface area contributed by atoms with Crippen LogP contribution in [0.25, 0.3) is 16.6 Å². The third-order valence-corrected chi connectivity index (χ3v) is 2.71. The van der Waals surface area contributed by atoms with Crippen LogP contribution in [-0.4, -0.2) is 14.6 Å². The van der Waals surface area contributed by atoms with Crippen LogP contribution in [0.1, 0.15) is 18.8 Å². The number of fused-ring (bicyclic) bond motifs is 3. The summed E-state index contributed by atoms with van der Waals surface area (Å²) in [5, 5.41) is 9.42. The molecule has 1 atom stereocenters. The fourth-order valence-corrected chi connectivity index (χ4v) is 1.96. The number of para-hydroxylation sites is 1. The molecule has 0 amide bonds. The maximum atomic E-state index is 5.89. The summed E-state index contributed by atoms with van der Waals surface area (Å²) >= 11 is 0. The maximum Gasteiger partial charge on any atom is 0.161 e. The Morgan fingerprint density at radius 3 is 2.75 bits per heavy atom. The number of rotatable bonds is 1. The Hall–Kier alpha value is -1.94. The van der Waals surface area contributed by atoms with Crippen LogP contribution in [0.15, 0.2) is 36.4 Å². The number of nitrogens with two attached hydrogens (primary N) is 1. The Balaban J connectivity index is 2.52. The van der Waals surface area contributed by atoms with Crippen molar-refractivity contribution in [1.29, 1.82) is 0 Å². The molecule has 0 radical (unpaired) electrons. The SMILES string of the molecule is CC(N)c1nnc2ccc3ccccc3n12. The van der Waals surface area contributed by atoms with Gasteiger partial charge < -0.3 is 5.73 Å². The van der Waals surface area contributed by atoms with Crippen molar-refractivity contribution in [2.24, 2.45) is 5.73 Å². The molecule has 0 spiro atoms. The monoisotopic (exact) mass is 212 g/mol. The maximum absolute atomic E-state index is 5.89. The molecule has 2 heterocycles. The second-order valence-electron chi connectivity index (χ2n) is 3.93. The van der Waals surface area contributed by atoms with Gasteiger partial charge in [-0.1, -0.05) is 18.2 Å². The van der Waals surface area contributed by atoms with Gasteiger partial charge in [0.2, 0.25) is 0 Å². The summed E-state index contributed by atoms with van der Waals surface area (Å²) in [5.74, 6) is 0.798. The largest absolute Gasteiger partial charge is 0.322 e. The van der Waals surface area contributed by atoms with Crippen molar-refractivity contribution in [3.63, 3.8) is 0 Å². The molecule has 80 valence electrons. The number of nitrogens with zero attached hydrogens (tertiary/aromatic N) is 3. The molecule has 0 fully saturated rings. The van der Waals surface area contributed by atoms with Crippen molar-refractivity contribution in [2.75, 3.05) is 0 Å². The molecule has 0 saturated carbocycles. The van der Waals surface area contributed by atoms with Crippen LogP contribution in [0.2, 0.25) is 0 Å². The molecule has 1 aromatic carbocycles. The van der Waals surface area contributed by atoms with Gasteiger partial charge in [-0.25, -0.2) is 0 Å². The summed E-state index contributed by atoms with van der Waals surface area (Å²) in [6, 6.07) is 12.0. The van der Waals surface area contributed by atoms with Crippen molar-refractivity contribution in [3.05, 3.63) is 42.2 Å². The van der Waals surface area contributed by atoms with E-state index in [0.29, 0.717) is 0 Å². The van der Waals surface area contributed by atoms with Gasteiger partial charge >= 0.3 is 0 Å². The molecule has 16 heavy (non-hydrogen) atoms. The van der Waals surface area contributed by atoms with Crippen LogP contribution in [0, 0.1) is 0 Å². The molecule has 0 bridgehead atoms. The molecular formula is C12H12N4. The predicted octanol–water partition coefficient (Wildman–Crippen LogP) is 1.90. The Morgan fingerprint density at radius 2 is 1.94 bits per heavy atom. The number of benzene rings is 1. The molecular weight excluding hydrogens is 200 g/mol. The quantitative estimate of drug-likeness (QED) is 0.670. The first-order valence-electron chi connectivity index (χ1n) is 5.26. The molecule has 4 heteroatoms. The van der Waals surface area contributed by atoms with Gasteiger partial charge in [-0.2, -0.15) is 0 Å². The van der Waals surface area contributed by atoms with Gasteiger partial charge in [0.1, 0.15) is 0 Å². The molecule has 2 aromatic heterocycles. The van der Waals surface area contributed by atoms with Crippen LogP contribution in [0.5, 0.6) is 0 Å². The lowest BCUT2D eigenvalue weighted by molar-refractivity contribution is 0.732. The molecule has 2 N–H and O–H groups in total. The van der Waals surface area contributed by atoms with E-state index in [1.165, 1.54) is 0 Å². The highest BCUT2D eigenvalue weighted by molar-refractivity contribution is 5.81. The first-order chi connectivity index (χ1) is 7.77. The van der Waals surface area contributed by atoms with E-state index in [4.69, 9.17) is 5.73 Å². The molecule has 3 rings (SSSR count). The lowest BCUT2D eigenvalue weighted by Gasteiger charge is -2.06. The highest BCUT2D eigenvalue weighted by Crippen LogP contribution is 2.19. The summed E-state index contributed by atoms with van der Waals surface area (Å²) in [5.41, 5.74) is 7.83. The lowest BCUT2D eigenvalue weighted by Crippen LogP contribution is -2.10. The van der Waals surface area contributed by atoms with Gasteiger partial charge in [0.15, 0.2) is 11.5 Å². The Bertz CT molecular complexity index is 654. The minimum absolute atomic E-state index is 0.124.